The summed E-state index contributed by atoms with van der Waals surface area (Å²) in [5, 5.41) is 2.86. The zero-order chi connectivity index (χ0) is 14.8. The Morgan fingerprint density at radius 1 is 1.25 bits per heavy atom. The van der Waals surface area contributed by atoms with E-state index in [0.717, 1.165) is 5.56 Å². The van der Waals surface area contributed by atoms with Crippen molar-refractivity contribution < 1.29 is 9.59 Å². The number of hydrogen-bond acceptors (Lipinski definition) is 2. The quantitative estimate of drug-likeness (QED) is 0.834. The molecular formula is C16H22N2O2. The number of hydrogen-bond donors (Lipinski definition) is 1. The van der Waals surface area contributed by atoms with Gasteiger partial charge in [-0.25, -0.2) is 0 Å². The van der Waals surface area contributed by atoms with E-state index in [0.29, 0.717) is 19.4 Å². The predicted octanol–water partition coefficient (Wildman–Crippen LogP) is 1.95. The Kier molecular flexibility index (Phi) is 4.12. The largest absolute Gasteiger partial charge is 0.353 e. The second-order valence-corrected chi connectivity index (χ2v) is 5.86. The molecule has 0 aliphatic heterocycles. The highest BCUT2D eigenvalue weighted by atomic mass is 16.2. The Morgan fingerprint density at radius 2 is 1.85 bits per heavy atom. The molecule has 1 N–H and O–H groups in total. The standard InChI is InChI=1S/C16H22N2O2/c1-12(2)17-14(19)16(9-10-16)15(20)18(3)11-13-7-5-4-6-8-13/h4-8,12H,9-11H2,1-3H3,(H,17,19). The van der Waals surface area contributed by atoms with E-state index in [1.54, 1.807) is 11.9 Å². The third-order valence-electron chi connectivity index (χ3n) is 3.62. The van der Waals surface area contributed by atoms with Gasteiger partial charge in [0.1, 0.15) is 5.41 Å². The second-order valence-electron chi connectivity index (χ2n) is 5.86. The summed E-state index contributed by atoms with van der Waals surface area (Å²) in [6, 6.07) is 9.88. The van der Waals surface area contributed by atoms with Crippen molar-refractivity contribution in [3.8, 4) is 0 Å². The van der Waals surface area contributed by atoms with Crippen LogP contribution < -0.4 is 5.32 Å². The lowest BCUT2D eigenvalue weighted by atomic mass is 10.0. The van der Waals surface area contributed by atoms with Crippen molar-refractivity contribution >= 4 is 11.8 Å². The first-order valence-electron chi connectivity index (χ1n) is 7.06. The van der Waals surface area contributed by atoms with Gasteiger partial charge in [-0.15, -0.1) is 0 Å². The van der Waals surface area contributed by atoms with Crippen molar-refractivity contribution in [1.82, 2.24) is 10.2 Å². The number of benzene rings is 1. The van der Waals surface area contributed by atoms with Crippen LogP contribution in [0.3, 0.4) is 0 Å². The van der Waals surface area contributed by atoms with Crippen LogP contribution in [-0.4, -0.2) is 29.8 Å². The number of amides is 2. The summed E-state index contributed by atoms with van der Waals surface area (Å²) in [6.07, 6.45) is 1.31. The van der Waals surface area contributed by atoms with E-state index in [1.165, 1.54) is 0 Å². The Balaban J connectivity index is 2.02. The van der Waals surface area contributed by atoms with Crippen molar-refractivity contribution in [3.63, 3.8) is 0 Å². The molecule has 0 heterocycles. The monoisotopic (exact) mass is 274 g/mol. The molecule has 108 valence electrons. The van der Waals surface area contributed by atoms with Gasteiger partial charge in [-0.05, 0) is 32.3 Å². The van der Waals surface area contributed by atoms with Crippen LogP contribution in [0.2, 0.25) is 0 Å². The highest BCUT2D eigenvalue weighted by Crippen LogP contribution is 2.47. The van der Waals surface area contributed by atoms with E-state index in [1.807, 2.05) is 44.2 Å². The molecule has 1 fully saturated rings. The molecule has 4 nitrogen and oxygen atoms in total. The number of nitrogens with one attached hydrogen (secondary N) is 1. The number of carbonyl (C=O) groups is 2. The summed E-state index contributed by atoms with van der Waals surface area (Å²) in [7, 11) is 1.76. The fourth-order valence-electron chi connectivity index (χ4n) is 2.36. The van der Waals surface area contributed by atoms with Crippen LogP contribution >= 0.6 is 0 Å². The van der Waals surface area contributed by atoms with E-state index in [2.05, 4.69) is 5.32 Å². The van der Waals surface area contributed by atoms with Gasteiger partial charge in [-0.1, -0.05) is 30.3 Å². The molecule has 0 aromatic heterocycles. The van der Waals surface area contributed by atoms with Crippen LogP contribution in [0.1, 0.15) is 32.3 Å². The first kappa shape index (κ1) is 14.6. The molecule has 1 saturated carbocycles. The molecule has 1 aliphatic rings. The summed E-state index contributed by atoms with van der Waals surface area (Å²) < 4.78 is 0. The Bertz CT molecular complexity index is 492. The molecule has 4 heteroatoms. The minimum Gasteiger partial charge on any atom is -0.353 e. The lowest BCUT2D eigenvalue weighted by Gasteiger charge is -2.24. The number of nitrogens with zero attached hydrogens (tertiary/aromatic N) is 1. The maximum Gasteiger partial charge on any atom is 0.238 e. The molecule has 0 saturated heterocycles. The van der Waals surface area contributed by atoms with Gasteiger partial charge in [0.05, 0.1) is 0 Å². The van der Waals surface area contributed by atoms with Gasteiger partial charge in [-0.2, -0.15) is 0 Å². The molecule has 1 aromatic carbocycles. The minimum atomic E-state index is -0.812. The van der Waals surface area contributed by atoms with Gasteiger partial charge in [0.15, 0.2) is 0 Å². The molecule has 20 heavy (non-hydrogen) atoms. The normalized spacial score (nSPS) is 15.8. The SMILES string of the molecule is CC(C)NC(=O)C1(C(=O)N(C)Cc2ccccc2)CC1. The zero-order valence-electron chi connectivity index (χ0n) is 12.3. The van der Waals surface area contributed by atoms with Crippen LogP contribution in [0.15, 0.2) is 30.3 Å². The third-order valence-corrected chi connectivity index (χ3v) is 3.62. The molecule has 1 aliphatic carbocycles. The molecular weight excluding hydrogens is 252 g/mol. The van der Waals surface area contributed by atoms with Crippen LogP contribution in [0.25, 0.3) is 0 Å². The van der Waals surface area contributed by atoms with Crippen LogP contribution in [0.5, 0.6) is 0 Å². The van der Waals surface area contributed by atoms with E-state index in [4.69, 9.17) is 0 Å². The summed E-state index contributed by atoms with van der Waals surface area (Å²) >= 11 is 0. The molecule has 2 amide bonds. The van der Waals surface area contributed by atoms with E-state index in [-0.39, 0.29) is 17.9 Å². The number of rotatable bonds is 5. The predicted molar refractivity (Wildman–Crippen MR) is 77.9 cm³/mol. The van der Waals surface area contributed by atoms with Crippen LogP contribution in [-0.2, 0) is 16.1 Å². The van der Waals surface area contributed by atoms with E-state index in [9.17, 15) is 9.59 Å². The average molecular weight is 274 g/mol. The molecule has 0 bridgehead atoms. The first-order valence-corrected chi connectivity index (χ1v) is 7.06. The van der Waals surface area contributed by atoms with Crippen molar-refractivity contribution in [2.75, 3.05) is 7.05 Å². The number of carbonyl (C=O) groups excluding carboxylic acids is 2. The fraction of sp³-hybridized carbons (Fsp3) is 0.500. The van der Waals surface area contributed by atoms with Gasteiger partial charge < -0.3 is 10.2 Å². The molecule has 0 atom stereocenters. The summed E-state index contributed by atoms with van der Waals surface area (Å²) in [5.74, 6) is -0.197. The molecule has 0 spiro atoms. The van der Waals surface area contributed by atoms with Crippen molar-refractivity contribution in [2.24, 2.45) is 5.41 Å². The molecule has 0 radical (unpaired) electrons. The zero-order valence-corrected chi connectivity index (χ0v) is 12.3. The molecule has 1 aromatic rings. The fourth-order valence-corrected chi connectivity index (χ4v) is 2.36. The average Bonchev–Trinajstić information content (AvgIpc) is 3.19. The van der Waals surface area contributed by atoms with Crippen molar-refractivity contribution in [1.29, 1.82) is 0 Å². The maximum absolute atomic E-state index is 12.5. The van der Waals surface area contributed by atoms with Crippen LogP contribution in [0.4, 0.5) is 0 Å². The molecule has 2 rings (SSSR count). The third kappa shape index (κ3) is 3.00. The Labute approximate surface area is 120 Å². The van der Waals surface area contributed by atoms with Gasteiger partial charge in [0.2, 0.25) is 11.8 Å². The smallest absolute Gasteiger partial charge is 0.238 e. The maximum atomic E-state index is 12.5. The van der Waals surface area contributed by atoms with Gasteiger partial charge in [-0.3, -0.25) is 9.59 Å². The van der Waals surface area contributed by atoms with Crippen molar-refractivity contribution in [2.45, 2.75) is 39.3 Å². The highest BCUT2D eigenvalue weighted by molar-refractivity contribution is 6.07. The summed E-state index contributed by atoms with van der Waals surface area (Å²) in [5.41, 5.74) is 0.261. The first-order chi connectivity index (χ1) is 9.45. The van der Waals surface area contributed by atoms with Gasteiger partial charge >= 0.3 is 0 Å². The van der Waals surface area contributed by atoms with Crippen LogP contribution in [0, 0.1) is 5.41 Å². The Hall–Kier alpha value is -1.84. The topological polar surface area (TPSA) is 49.4 Å². The lowest BCUT2D eigenvalue weighted by Crippen LogP contribution is -2.45. The molecule has 0 unspecified atom stereocenters. The van der Waals surface area contributed by atoms with Gasteiger partial charge in [0, 0.05) is 19.6 Å². The highest BCUT2D eigenvalue weighted by Gasteiger charge is 2.57. The lowest BCUT2D eigenvalue weighted by molar-refractivity contribution is -0.143. The second kappa shape index (κ2) is 5.65. The minimum absolute atomic E-state index is 0.0622. The van der Waals surface area contributed by atoms with E-state index < -0.39 is 5.41 Å². The van der Waals surface area contributed by atoms with Crippen molar-refractivity contribution in [3.05, 3.63) is 35.9 Å². The Morgan fingerprint density at radius 3 is 2.35 bits per heavy atom. The summed E-state index contributed by atoms with van der Waals surface area (Å²) in [6.45, 7) is 4.36. The van der Waals surface area contributed by atoms with Gasteiger partial charge in [0.25, 0.3) is 0 Å². The summed E-state index contributed by atoms with van der Waals surface area (Å²) in [4.78, 5) is 26.4. The van der Waals surface area contributed by atoms with E-state index >= 15 is 0 Å².